The first-order valence-corrected chi connectivity index (χ1v) is 5.53. The second kappa shape index (κ2) is 5.27. The molecule has 2 amide bonds. The van der Waals surface area contributed by atoms with Crippen molar-refractivity contribution in [2.24, 2.45) is 11.8 Å². The summed E-state index contributed by atoms with van der Waals surface area (Å²) >= 11 is 0. The van der Waals surface area contributed by atoms with E-state index in [4.69, 9.17) is 5.84 Å². The quantitative estimate of drug-likeness (QED) is 0.322. The molecule has 6 heteroatoms. The molecule has 1 fully saturated rings. The highest BCUT2D eigenvalue weighted by atomic mass is 16.2. The molecule has 1 rings (SSSR count). The Morgan fingerprint density at radius 2 is 2.25 bits per heavy atom. The number of rotatable bonds is 3. The topological polar surface area (TPSA) is 87.5 Å². The summed E-state index contributed by atoms with van der Waals surface area (Å²) in [6.45, 7) is 6.99. The summed E-state index contributed by atoms with van der Waals surface area (Å²) in [7, 11) is 0. The Bertz CT molecular complexity index is 282. The third kappa shape index (κ3) is 2.51. The number of nitrogens with zero attached hydrogens (tertiary/aromatic N) is 1. The highest BCUT2D eigenvalue weighted by molar-refractivity contribution is 5.82. The second-order valence-electron chi connectivity index (χ2n) is 4.24. The minimum atomic E-state index is -0.238. The molecular formula is C10H20N4O2. The molecule has 3 atom stereocenters. The predicted molar refractivity (Wildman–Crippen MR) is 60.1 cm³/mol. The van der Waals surface area contributed by atoms with Gasteiger partial charge in [-0.15, -0.1) is 0 Å². The number of carbonyl (C=O) groups excluding carboxylic acids is 2. The maximum atomic E-state index is 11.5. The smallest absolute Gasteiger partial charge is 0.238 e. The van der Waals surface area contributed by atoms with Crippen molar-refractivity contribution in [2.45, 2.75) is 32.9 Å². The van der Waals surface area contributed by atoms with Crippen LogP contribution >= 0.6 is 0 Å². The van der Waals surface area contributed by atoms with Gasteiger partial charge in [-0.3, -0.25) is 19.9 Å². The minimum absolute atomic E-state index is 0.00963. The fraction of sp³-hybridized carbons (Fsp3) is 0.800. The first kappa shape index (κ1) is 12.9. The normalized spacial score (nSPS) is 25.8. The van der Waals surface area contributed by atoms with Gasteiger partial charge in [-0.05, 0) is 13.8 Å². The molecule has 92 valence electrons. The Labute approximate surface area is 95.5 Å². The summed E-state index contributed by atoms with van der Waals surface area (Å²) in [5.41, 5.74) is 2.14. The molecule has 4 N–H and O–H groups in total. The maximum Gasteiger partial charge on any atom is 0.238 e. The van der Waals surface area contributed by atoms with Crippen LogP contribution in [0, 0.1) is 5.92 Å². The number of carbonyl (C=O) groups is 2. The number of piperazine rings is 1. The lowest BCUT2D eigenvalue weighted by molar-refractivity contribution is -0.133. The van der Waals surface area contributed by atoms with Gasteiger partial charge in [0.1, 0.15) is 0 Å². The van der Waals surface area contributed by atoms with Gasteiger partial charge in [0.05, 0.1) is 12.0 Å². The number of hydrazine groups is 1. The van der Waals surface area contributed by atoms with Crippen LogP contribution in [0.15, 0.2) is 0 Å². The molecule has 1 aliphatic heterocycles. The van der Waals surface area contributed by atoms with E-state index in [2.05, 4.69) is 10.7 Å². The van der Waals surface area contributed by atoms with E-state index in [0.29, 0.717) is 6.54 Å². The third-order valence-corrected chi connectivity index (χ3v) is 3.35. The maximum absolute atomic E-state index is 11.5. The van der Waals surface area contributed by atoms with Crippen molar-refractivity contribution >= 4 is 11.8 Å². The zero-order valence-electron chi connectivity index (χ0n) is 9.99. The van der Waals surface area contributed by atoms with Gasteiger partial charge in [0.25, 0.3) is 0 Å². The molecule has 1 saturated heterocycles. The number of nitrogens with one attached hydrogen (secondary N) is 2. The van der Waals surface area contributed by atoms with Crippen LogP contribution in [0.3, 0.4) is 0 Å². The highest BCUT2D eigenvalue weighted by Crippen LogP contribution is 2.16. The molecular weight excluding hydrogens is 208 g/mol. The zero-order chi connectivity index (χ0) is 12.3. The van der Waals surface area contributed by atoms with Gasteiger partial charge in [-0.1, -0.05) is 6.92 Å². The van der Waals surface area contributed by atoms with Crippen LogP contribution < -0.4 is 16.6 Å². The van der Waals surface area contributed by atoms with Crippen LogP contribution in [-0.4, -0.2) is 41.9 Å². The number of hydrogen-bond acceptors (Lipinski definition) is 4. The number of amides is 2. The molecule has 0 aromatic carbocycles. The van der Waals surface area contributed by atoms with Crippen molar-refractivity contribution in [1.29, 1.82) is 0 Å². The van der Waals surface area contributed by atoms with Gasteiger partial charge >= 0.3 is 0 Å². The standard InChI is InChI=1S/C10H20N4O2/c1-6(9(15)13-11)7(2)14-5-4-12-10(16)8(14)3/h6-8H,4-5,11H2,1-3H3,(H,12,16)(H,13,15). The Morgan fingerprint density at radius 3 is 2.81 bits per heavy atom. The van der Waals surface area contributed by atoms with E-state index in [1.165, 1.54) is 0 Å². The van der Waals surface area contributed by atoms with Gasteiger partial charge in [-0.2, -0.15) is 0 Å². The van der Waals surface area contributed by atoms with E-state index in [9.17, 15) is 9.59 Å². The summed E-state index contributed by atoms with van der Waals surface area (Å²) in [5.74, 6) is 4.68. The minimum Gasteiger partial charge on any atom is -0.353 e. The molecule has 0 radical (unpaired) electrons. The lowest BCUT2D eigenvalue weighted by Gasteiger charge is -2.39. The Morgan fingerprint density at radius 1 is 1.62 bits per heavy atom. The van der Waals surface area contributed by atoms with Crippen molar-refractivity contribution in [1.82, 2.24) is 15.6 Å². The summed E-state index contributed by atoms with van der Waals surface area (Å²) in [6, 6.07) is -0.207. The van der Waals surface area contributed by atoms with Crippen LogP contribution in [0.5, 0.6) is 0 Å². The fourth-order valence-corrected chi connectivity index (χ4v) is 1.99. The Kier molecular flexibility index (Phi) is 4.26. The highest BCUT2D eigenvalue weighted by Gasteiger charge is 2.33. The summed E-state index contributed by atoms with van der Waals surface area (Å²) in [6.07, 6.45) is 0. The van der Waals surface area contributed by atoms with Gasteiger partial charge in [-0.25, -0.2) is 5.84 Å². The summed E-state index contributed by atoms with van der Waals surface area (Å²) < 4.78 is 0. The largest absolute Gasteiger partial charge is 0.353 e. The molecule has 1 heterocycles. The number of hydrogen-bond donors (Lipinski definition) is 3. The van der Waals surface area contributed by atoms with Crippen LogP contribution in [0.4, 0.5) is 0 Å². The van der Waals surface area contributed by atoms with Crippen LogP contribution in [0.25, 0.3) is 0 Å². The van der Waals surface area contributed by atoms with Crippen molar-refractivity contribution in [3.63, 3.8) is 0 Å². The SMILES string of the molecule is CC(C(=O)NN)C(C)N1CCNC(=O)C1C. The third-order valence-electron chi connectivity index (χ3n) is 3.35. The number of nitrogens with two attached hydrogens (primary N) is 1. The molecule has 0 aromatic heterocycles. The Balaban J connectivity index is 2.68. The molecule has 0 aliphatic carbocycles. The predicted octanol–water partition coefficient (Wildman–Crippen LogP) is -1.18. The van der Waals surface area contributed by atoms with E-state index >= 15 is 0 Å². The van der Waals surface area contributed by atoms with Gasteiger partial charge in [0.2, 0.25) is 11.8 Å². The summed E-state index contributed by atoms with van der Waals surface area (Å²) in [4.78, 5) is 24.9. The molecule has 6 nitrogen and oxygen atoms in total. The first-order valence-electron chi connectivity index (χ1n) is 5.53. The van der Waals surface area contributed by atoms with E-state index < -0.39 is 0 Å². The van der Waals surface area contributed by atoms with E-state index in [1.54, 1.807) is 0 Å². The molecule has 0 spiro atoms. The molecule has 3 unspecified atom stereocenters. The van der Waals surface area contributed by atoms with Crippen molar-refractivity contribution in [2.75, 3.05) is 13.1 Å². The van der Waals surface area contributed by atoms with E-state index in [0.717, 1.165) is 6.54 Å². The molecule has 0 aromatic rings. The van der Waals surface area contributed by atoms with Gasteiger partial charge < -0.3 is 5.32 Å². The molecule has 16 heavy (non-hydrogen) atoms. The first-order chi connectivity index (χ1) is 7.49. The lowest BCUT2D eigenvalue weighted by Crippen LogP contribution is -2.59. The lowest BCUT2D eigenvalue weighted by atomic mass is 9.98. The van der Waals surface area contributed by atoms with Crippen molar-refractivity contribution < 1.29 is 9.59 Å². The average Bonchev–Trinajstić information content (AvgIpc) is 2.29. The van der Waals surface area contributed by atoms with Gasteiger partial charge in [0, 0.05) is 19.1 Å². The van der Waals surface area contributed by atoms with E-state index in [-0.39, 0.29) is 29.8 Å². The second-order valence-corrected chi connectivity index (χ2v) is 4.24. The molecule has 0 saturated carbocycles. The molecule has 1 aliphatic rings. The molecule has 0 bridgehead atoms. The summed E-state index contributed by atoms with van der Waals surface area (Å²) in [5, 5.41) is 2.79. The van der Waals surface area contributed by atoms with Crippen molar-refractivity contribution in [3.8, 4) is 0 Å². The monoisotopic (exact) mass is 228 g/mol. The fourth-order valence-electron chi connectivity index (χ4n) is 1.99. The average molecular weight is 228 g/mol. The Hall–Kier alpha value is -1.14. The van der Waals surface area contributed by atoms with Crippen LogP contribution in [-0.2, 0) is 9.59 Å². The van der Waals surface area contributed by atoms with E-state index in [1.807, 2.05) is 25.7 Å². The van der Waals surface area contributed by atoms with Crippen LogP contribution in [0.1, 0.15) is 20.8 Å². The van der Waals surface area contributed by atoms with Gasteiger partial charge in [0.15, 0.2) is 0 Å². The van der Waals surface area contributed by atoms with Crippen molar-refractivity contribution in [3.05, 3.63) is 0 Å². The van der Waals surface area contributed by atoms with Crippen LogP contribution in [0.2, 0.25) is 0 Å². The zero-order valence-corrected chi connectivity index (χ0v) is 9.99.